The molecule has 0 atom stereocenters. The Morgan fingerprint density at radius 2 is 2.07 bits per heavy atom. The zero-order chi connectivity index (χ0) is 10.3. The number of halogens is 1. The predicted octanol–water partition coefficient (Wildman–Crippen LogP) is 1.01. The Hall–Kier alpha value is 0.390. The molecule has 1 aliphatic heterocycles. The number of rotatable bonds is 0. The second-order valence-corrected chi connectivity index (χ2v) is 4.92. The molecular weight excluding hydrogens is 285 g/mol. The molecule has 0 amide bonds. The van der Waals surface area contributed by atoms with Gasteiger partial charge in [-0.05, 0) is 31.5 Å². The third-order valence-electron chi connectivity index (χ3n) is 2.16. The molecule has 0 unspecified atom stereocenters. The fourth-order valence-corrected chi connectivity index (χ4v) is 2.15. The largest absolute Gasteiger partial charge is 1.00 e. The van der Waals surface area contributed by atoms with Crippen molar-refractivity contribution in [2.75, 3.05) is 0 Å². The van der Waals surface area contributed by atoms with Crippen molar-refractivity contribution in [1.82, 2.24) is 0 Å². The van der Waals surface area contributed by atoms with Gasteiger partial charge in [-0.1, -0.05) is 34.2 Å². The van der Waals surface area contributed by atoms with Crippen molar-refractivity contribution in [3.05, 3.63) is 33.6 Å². The molecule has 1 heterocycles. The molecule has 15 heavy (non-hydrogen) atoms. The summed E-state index contributed by atoms with van der Waals surface area (Å²) in [6, 6.07) is 5.91. The third kappa shape index (κ3) is 2.74. The van der Waals surface area contributed by atoms with Gasteiger partial charge < -0.3 is 10.1 Å². The molecule has 2 rings (SSSR count). The van der Waals surface area contributed by atoms with Crippen LogP contribution in [-0.2, 0) is 10.3 Å². The number of thiocarbonyl (C=S) groups is 1. The zero-order valence-corrected chi connectivity index (χ0v) is 13.3. The van der Waals surface area contributed by atoms with E-state index in [1.807, 2.05) is 32.0 Å². The number of nitrogens with zero attached hydrogens (tertiary/aromatic N) is 1. The molecule has 74 valence electrons. The second-order valence-electron chi connectivity index (χ2n) is 3.65. The first-order chi connectivity index (χ1) is 6.49. The first-order valence-electron chi connectivity index (χ1n) is 4.24. The van der Waals surface area contributed by atoms with Gasteiger partial charge >= 0.3 is 29.6 Å². The molecule has 5 heteroatoms. The first kappa shape index (κ1) is 13.5. The zero-order valence-electron chi connectivity index (χ0n) is 8.87. The van der Waals surface area contributed by atoms with E-state index in [2.05, 4.69) is 21.2 Å². The van der Waals surface area contributed by atoms with Crippen LogP contribution in [0.5, 0.6) is 0 Å². The Balaban J connectivity index is 0.00000112. The molecule has 0 fully saturated rings. The summed E-state index contributed by atoms with van der Waals surface area (Å²) < 4.78 is 6.52. The van der Waals surface area contributed by atoms with E-state index in [9.17, 15) is 0 Å². The van der Waals surface area contributed by atoms with Gasteiger partial charge in [0.25, 0.3) is 0 Å². The van der Waals surface area contributed by atoms with E-state index in [4.69, 9.17) is 17.0 Å². The summed E-state index contributed by atoms with van der Waals surface area (Å²) in [5, 5.41) is 4.48. The van der Waals surface area contributed by atoms with Crippen LogP contribution in [0.2, 0.25) is 0 Å². The van der Waals surface area contributed by atoms with Crippen LogP contribution >= 0.6 is 28.1 Å². The van der Waals surface area contributed by atoms with Crippen LogP contribution in [0.15, 0.2) is 22.7 Å². The third-order valence-corrected chi connectivity index (χ3v) is 2.83. The molecule has 1 aromatic carbocycles. The second kappa shape index (κ2) is 4.72. The van der Waals surface area contributed by atoms with Crippen molar-refractivity contribution in [2.45, 2.75) is 19.4 Å². The Bertz CT molecular complexity index is 408. The summed E-state index contributed by atoms with van der Waals surface area (Å²) in [5.41, 5.74) is 1.56. The van der Waals surface area contributed by atoms with Gasteiger partial charge in [0, 0.05) is 4.47 Å². The summed E-state index contributed by atoms with van der Waals surface area (Å²) in [6.07, 6.45) is 0. The molecule has 2 nitrogen and oxygen atoms in total. The summed E-state index contributed by atoms with van der Waals surface area (Å²) in [4.78, 5) is 0. The Morgan fingerprint density at radius 3 is 2.73 bits per heavy atom. The van der Waals surface area contributed by atoms with E-state index in [0.717, 1.165) is 15.7 Å². The molecule has 0 aliphatic carbocycles. The molecule has 1 aromatic rings. The van der Waals surface area contributed by atoms with Gasteiger partial charge in [0.15, 0.2) is 0 Å². The summed E-state index contributed by atoms with van der Waals surface area (Å²) in [6.45, 7) is 3.97. The molecule has 0 spiro atoms. The molecule has 0 saturated carbocycles. The van der Waals surface area contributed by atoms with Crippen molar-refractivity contribution in [3.8, 4) is 0 Å². The Kier molecular flexibility index (Phi) is 4.23. The van der Waals surface area contributed by atoms with Gasteiger partial charge in [-0.25, -0.2) is 0 Å². The number of ether oxygens (including phenoxy) is 1. The van der Waals surface area contributed by atoms with E-state index < -0.39 is 5.60 Å². The standard InChI is InChI=1S/C10H10BrNOS.Na/c1-10(2)7-5-6(11)3-4-8(7)12-9(14)13-10;/h3-5H,1-2H3,(H,12,14);/q;+1/p-1. The molecule has 0 N–H and O–H groups in total. The van der Waals surface area contributed by atoms with Gasteiger partial charge in [0.2, 0.25) is 0 Å². The van der Waals surface area contributed by atoms with Crippen molar-refractivity contribution in [3.63, 3.8) is 0 Å². The summed E-state index contributed by atoms with van der Waals surface area (Å²) >= 11 is 8.39. The van der Waals surface area contributed by atoms with E-state index in [1.54, 1.807) is 0 Å². The van der Waals surface area contributed by atoms with Gasteiger partial charge in [0.1, 0.15) is 5.60 Å². The SMILES string of the molecule is CC1(C)OC(=S)[N-]c2ccc(Br)cc21.[Na+]. The maximum absolute atomic E-state index is 5.50. The molecule has 0 saturated heterocycles. The Labute approximate surface area is 125 Å². The number of hydrogen-bond acceptors (Lipinski definition) is 2. The monoisotopic (exact) mass is 293 g/mol. The van der Waals surface area contributed by atoms with Gasteiger partial charge in [-0.3, -0.25) is 0 Å². The number of fused-ring (bicyclic) bond motifs is 1. The van der Waals surface area contributed by atoms with Crippen LogP contribution in [0, 0.1) is 0 Å². The van der Waals surface area contributed by atoms with Crippen molar-refractivity contribution in [1.29, 1.82) is 0 Å². The van der Waals surface area contributed by atoms with Gasteiger partial charge in [0.05, 0.1) is 5.17 Å². The summed E-state index contributed by atoms with van der Waals surface area (Å²) in [7, 11) is 0. The van der Waals surface area contributed by atoms with Crippen LogP contribution in [-0.4, -0.2) is 5.17 Å². The molecule has 0 radical (unpaired) electrons. The molecule has 0 aromatic heterocycles. The van der Waals surface area contributed by atoms with Crippen LogP contribution < -0.4 is 29.6 Å². The normalized spacial score (nSPS) is 16.9. The van der Waals surface area contributed by atoms with Crippen molar-refractivity contribution in [2.24, 2.45) is 0 Å². The molecule has 0 bridgehead atoms. The average molecular weight is 294 g/mol. The van der Waals surface area contributed by atoms with Crippen molar-refractivity contribution < 1.29 is 34.3 Å². The molecular formula is C10H9BrNNaOS. The van der Waals surface area contributed by atoms with Crippen LogP contribution in [0.1, 0.15) is 19.4 Å². The van der Waals surface area contributed by atoms with Gasteiger partial charge in [-0.2, -0.15) is 0 Å². The fraction of sp³-hybridized carbons (Fsp3) is 0.300. The van der Waals surface area contributed by atoms with E-state index >= 15 is 0 Å². The van der Waals surface area contributed by atoms with Crippen LogP contribution in [0.4, 0.5) is 5.69 Å². The fourth-order valence-electron chi connectivity index (χ4n) is 1.48. The topological polar surface area (TPSA) is 23.3 Å². The van der Waals surface area contributed by atoms with E-state index in [0.29, 0.717) is 5.17 Å². The van der Waals surface area contributed by atoms with Crippen LogP contribution in [0.25, 0.3) is 5.32 Å². The minimum atomic E-state index is -0.391. The maximum atomic E-state index is 5.50. The Morgan fingerprint density at radius 1 is 1.40 bits per heavy atom. The minimum absolute atomic E-state index is 0. The minimum Gasteiger partial charge on any atom is -0.617 e. The van der Waals surface area contributed by atoms with Crippen LogP contribution in [0.3, 0.4) is 0 Å². The smallest absolute Gasteiger partial charge is 0.617 e. The molecule has 1 aliphatic rings. The van der Waals surface area contributed by atoms with Gasteiger partial charge in [-0.15, -0.1) is 5.69 Å². The summed E-state index contributed by atoms with van der Waals surface area (Å²) in [5.74, 6) is 0. The first-order valence-corrected chi connectivity index (χ1v) is 5.44. The van der Waals surface area contributed by atoms with E-state index in [-0.39, 0.29) is 29.6 Å². The number of benzene rings is 1. The quantitative estimate of drug-likeness (QED) is 0.526. The predicted molar refractivity (Wildman–Crippen MR) is 63.9 cm³/mol. The van der Waals surface area contributed by atoms with E-state index in [1.165, 1.54) is 0 Å². The average Bonchev–Trinajstić information content (AvgIpc) is 2.05. The maximum Gasteiger partial charge on any atom is 1.00 e. The number of hydrogen-bond donors (Lipinski definition) is 0. The van der Waals surface area contributed by atoms with Crippen molar-refractivity contribution >= 4 is 39.0 Å².